The summed E-state index contributed by atoms with van der Waals surface area (Å²) in [5, 5.41) is 18.1. The fourth-order valence-electron chi connectivity index (χ4n) is 2.02. The average molecular weight is 296 g/mol. The Hall–Kier alpha value is -1.59. The first-order valence-electron chi connectivity index (χ1n) is 7.15. The second-order valence-electron chi connectivity index (χ2n) is 5.16. The minimum Gasteiger partial charge on any atom is -0.497 e. The summed E-state index contributed by atoms with van der Waals surface area (Å²) < 4.78 is 10.8. The summed E-state index contributed by atoms with van der Waals surface area (Å²) in [4.78, 5) is 10.9. The molecule has 2 N–H and O–H groups in total. The molecule has 0 aliphatic rings. The number of aliphatic hydroxyl groups excluding tert-OH is 1. The van der Waals surface area contributed by atoms with Crippen molar-refractivity contribution in [2.24, 2.45) is 0 Å². The molecule has 0 aromatic heterocycles. The van der Waals surface area contributed by atoms with Crippen LogP contribution >= 0.6 is 0 Å². The molecule has 0 bridgehead atoms. The van der Waals surface area contributed by atoms with Crippen molar-refractivity contribution in [2.75, 3.05) is 7.11 Å². The van der Waals surface area contributed by atoms with Gasteiger partial charge in [-0.25, -0.2) is 0 Å². The molecule has 0 fully saturated rings. The van der Waals surface area contributed by atoms with Gasteiger partial charge in [0.2, 0.25) is 0 Å². The number of hydrogen-bond donors (Lipinski definition) is 2. The van der Waals surface area contributed by atoms with Crippen molar-refractivity contribution in [1.29, 1.82) is 0 Å². The van der Waals surface area contributed by atoms with Crippen LogP contribution in [0.25, 0.3) is 0 Å². The van der Waals surface area contributed by atoms with Crippen molar-refractivity contribution in [3.05, 3.63) is 29.8 Å². The summed E-state index contributed by atoms with van der Waals surface area (Å²) in [7, 11) is 1.61. The first kappa shape index (κ1) is 17.5. The highest BCUT2D eigenvalue weighted by molar-refractivity contribution is 5.67. The van der Waals surface area contributed by atoms with Gasteiger partial charge in [0, 0.05) is 0 Å². The van der Waals surface area contributed by atoms with E-state index in [2.05, 4.69) is 0 Å². The van der Waals surface area contributed by atoms with Crippen molar-refractivity contribution >= 4 is 5.97 Å². The maximum absolute atomic E-state index is 10.9. The highest BCUT2D eigenvalue weighted by Crippen LogP contribution is 2.16. The molecule has 118 valence electrons. The normalized spacial score (nSPS) is 13.7. The van der Waals surface area contributed by atoms with Gasteiger partial charge >= 0.3 is 5.97 Å². The zero-order chi connectivity index (χ0) is 15.7. The van der Waals surface area contributed by atoms with Gasteiger partial charge in [0.15, 0.2) is 0 Å². The van der Waals surface area contributed by atoms with Gasteiger partial charge in [-0.15, -0.1) is 0 Å². The fraction of sp³-hybridized carbons (Fsp3) is 0.562. The Morgan fingerprint density at radius 3 is 2.43 bits per heavy atom. The van der Waals surface area contributed by atoms with Gasteiger partial charge in [-0.3, -0.25) is 4.79 Å². The lowest BCUT2D eigenvalue weighted by molar-refractivity contribution is -0.140. The molecule has 0 spiro atoms. The van der Waals surface area contributed by atoms with Gasteiger partial charge in [0.25, 0.3) is 0 Å². The molecule has 21 heavy (non-hydrogen) atoms. The minimum atomic E-state index is -0.869. The van der Waals surface area contributed by atoms with Crippen molar-refractivity contribution in [2.45, 2.75) is 51.4 Å². The maximum atomic E-state index is 10.9. The number of aliphatic carboxylic acids is 1. The Bertz CT molecular complexity index is 413. The van der Waals surface area contributed by atoms with Crippen LogP contribution in [0.2, 0.25) is 0 Å². The number of hydrogen-bond acceptors (Lipinski definition) is 4. The molecule has 0 radical (unpaired) electrons. The summed E-state index contributed by atoms with van der Waals surface area (Å²) >= 11 is 0. The van der Waals surface area contributed by atoms with E-state index in [9.17, 15) is 9.90 Å². The zero-order valence-corrected chi connectivity index (χ0v) is 12.6. The van der Waals surface area contributed by atoms with Crippen molar-refractivity contribution < 1.29 is 24.5 Å². The number of rotatable bonds is 10. The topological polar surface area (TPSA) is 76.0 Å². The molecule has 0 aliphatic carbocycles. The molecule has 5 heteroatoms. The number of carboxylic acid groups (broad SMARTS) is 1. The molecule has 0 unspecified atom stereocenters. The van der Waals surface area contributed by atoms with Crippen LogP contribution in [0.4, 0.5) is 0 Å². The van der Waals surface area contributed by atoms with E-state index >= 15 is 0 Å². The van der Waals surface area contributed by atoms with Crippen LogP contribution in [0.5, 0.6) is 5.75 Å². The number of benzene rings is 1. The predicted molar refractivity (Wildman–Crippen MR) is 79.4 cm³/mol. The van der Waals surface area contributed by atoms with Crippen molar-refractivity contribution in [1.82, 2.24) is 0 Å². The van der Waals surface area contributed by atoms with E-state index in [1.54, 1.807) is 14.0 Å². The number of ether oxygens (including phenoxy) is 2. The molecule has 0 heterocycles. The second kappa shape index (κ2) is 9.37. The van der Waals surface area contributed by atoms with E-state index < -0.39 is 5.97 Å². The van der Waals surface area contributed by atoms with Crippen LogP contribution in [-0.2, 0) is 16.1 Å². The first-order chi connectivity index (χ1) is 10.0. The summed E-state index contributed by atoms with van der Waals surface area (Å²) in [6.45, 7) is 2.10. The summed E-state index contributed by atoms with van der Waals surface area (Å²) in [6, 6.07) is 7.48. The highest BCUT2D eigenvalue weighted by Gasteiger charge is 2.14. The molecule has 1 aromatic rings. The van der Waals surface area contributed by atoms with Crippen LogP contribution in [0.3, 0.4) is 0 Å². The van der Waals surface area contributed by atoms with Crippen molar-refractivity contribution in [3.63, 3.8) is 0 Å². The largest absolute Gasteiger partial charge is 0.497 e. The molecule has 1 aromatic carbocycles. The molecule has 0 saturated heterocycles. The van der Waals surface area contributed by atoms with Crippen LogP contribution in [0.1, 0.15) is 38.2 Å². The van der Waals surface area contributed by atoms with E-state index in [4.69, 9.17) is 14.6 Å². The van der Waals surface area contributed by atoms with Gasteiger partial charge in [-0.2, -0.15) is 0 Å². The van der Waals surface area contributed by atoms with Crippen LogP contribution < -0.4 is 4.74 Å². The smallest absolute Gasteiger partial charge is 0.305 e. The standard InChI is InChI=1S/C16H24O5/c1-12(17)4-3-5-15(10-16(18)19)21-11-13-6-8-14(20-2)9-7-13/h6-9,12,15,17H,3-5,10-11H2,1-2H3,(H,18,19)/t12-,15+/m0/s1. The maximum Gasteiger partial charge on any atom is 0.305 e. The quantitative estimate of drug-likeness (QED) is 0.694. The molecule has 0 aliphatic heterocycles. The lowest BCUT2D eigenvalue weighted by Gasteiger charge is -2.16. The van der Waals surface area contributed by atoms with Gasteiger partial charge in [-0.05, 0) is 43.9 Å². The number of methoxy groups -OCH3 is 1. The average Bonchev–Trinajstić information content (AvgIpc) is 2.44. The van der Waals surface area contributed by atoms with E-state index in [1.165, 1.54) is 0 Å². The van der Waals surface area contributed by atoms with Crippen LogP contribution in [-0.4, -0.2) is 35.5 Å². The molecular formula is C16H24O5. The minimum absolute atomic E-state index is 0.0179. The van der Waals surface area contributed by atoms with Crippen LogP contribution in [0.15, 0.2) is 24.3 Å². The fourth-order valence-corrected chi connectivity index (χ4v) is 2.02. The number of carbonyl (C=O) groups is 1. The lowest BCUT2D eigenvalue weighted by Crippen LogP contribution is -2.18. The van der Waals surface area contributed by atoms with Gasteiger partial charge in [-0.1, -0.05) is 12.1 Å². The van der Waals surface area contributed by atoms with E-state index in [-0.39, 0.29) is 18.6 Å². The van der Waals surface area contributed by atoms with Gasteiger partial charge in [0.05, 0.1) is 32.3 Å². The summed E-state index contributed by atoms with van der Waals surface area (Å²) in [5.41, 5.74) is 0.974. The monoisotopic (exact) mass is 296 g/mol. The molecule has 5 nitrogen and oxygen atoms in total. The Kier molecular flexibility index (Phi) is 7.79. The molecular weight excluding hydrogens is 272 g/mol. The van der Waals surface area contributed by atoms with Gasteiger partial charge in [0.1, 0.15) is 5.75 Å². The first-order valence-corrected chi connectivity index (χ1v) is 7.15. The number of aliphatic hydroxyl groups is 1. The summed E-state index contributed by atoms with van der Waals surface area (Å²) in [5.74, 6) is -0.0930. The molecule has 2 atom stereocenters. The predicted octanol–water partition coefficient (Wildman–Crippen LogP) is 2.61. The molecule has 0 amide bonds. The Labute approximate surface area is 125 Å². The van der Waals surface area contributed by atoms with E-state index in [1.807, 2.05) is 24.3 Å². The summed E-state index contributed by atoms with van der Waals surface area (Å²) in [6.07, 6.45) is 1.32. The van der Waals surface area contributed by atoms with Crippen LogP contribution in [0, 0.1) is 0 Å². The molecule has 0 saturated carbocycles. The van der Waals surface area contributed by atoms with Gasteiger partial charge < -0.3 is 19.7 Å². The Morgan fingerprint density at radius 2 is 1.90 bits per heavy atom. The van der Waals surface area contributed by atoms with Crippen molar-refractivity contribution in [3.8, 4) is 5.75 Å². The third-order valence-electron chi connectivity index (χ3n) is 3.20. The number of carboxylic acids is 1. The van der Waals surface area contributed by atoms with E-state index in [0.29, 0.717) is 19.4 Å². The lowest BCUT2D eigenvalue weighted by atomic mass is 10.1. The SMILES string of the molecule is COc1ccc(CO[C@H](CCC[C@H](C)O)CC(=O)O)cc1. The zero-order valence-electron chi connectivity index (χ0n) is 12.6. The highest BCUT2D eigenvalue weighted by atomic mass is 16.5. The second-order valence-corrected chi connectivity index (χ2v) is 5.16. The van der Waals surface area contributed by atoms with E-state index in [0.717, 1.165) is 17.7 Å². The Morgan fingerprint density at radius 1 is 1.24 bits per heavy atom. The Balaban J connectivity index is 2.44. The third-order valence-corrected chi connectivity index (χ3v) is 3.20. The third kappa shape index (κ3) is 7.68. The molecule has 1 rings (SSSR count).